The first kappa shape index (κ1) is 22.1. The van der Waals surface area contributed by atoms with Crippen LogP contribution >= 0.6 is 0 Å². The minimum absolute atomic E-state index is 0.104. The normalized spacial score (nSPS) is 18.1. The van der Waals surface area contributed by atoms with Crippen LogP contribution in [0.3, 0.4) is 0 Å². The Morgan fingerprint density at radius 3 is 2.37 bits per heavy atom. The van der Waals surface area contributed by atoms with Crippen molar-refractivity contribution in [1.29, 1.82) is 0 Å². The van der Waals surface area contributed by atoms with Crippen molar-refractivity contribution >= 4 is 0 Å². The quantitative estimate of drug-likeness (QED) is 0.437. The number of ether oxygens (including phenoxy) is 3. The second kappa shape index (κ2) is 10.4. The molecule has 1 aromatic rings. The minimum atomic E-state index is -0.288. The van der Waals surface area contributed by atoms with Gasteiger partial charge in [0.05, 0.1) is 13.7 Å². The Morgan fingerprint density at radius 1 is 1.07 bits per heavy atom. The molecular formula is C24H40O3. The third-order valence-electron chi connectivity index (χ3n) is 5.83. The summed E-state index contributed by atoms with van der Waals surface area (Å²) in [5.74, 6) is 2.89. The Balaban J connectivity index is 2.02. The van der Waals surface area contributed by atoms with E-state index in [1.165, 1.54) is 37.7 Å². The fourth-order valence-corrected chi connectivity index (χ4v) is 3.72. The molecule has 0 N–H and O–H groups in total. The fourth-order valence-electron chi connectivity index (χ4n) is 3.72. The van der Waals surface area contributed by atoms with E-state index in [9.17, 15) is 0 Å². The molecule has 1 saturated carbocycles. The van der Waals surface area contributed by atoms with E-state index in [-0.39, 0.29) is 11.7 Å². The van der Waals surface area contributed by atoms with Crippen LogP contribution in [0.15, 0.2) is 18.2 Å². The van der Waals surface area contributed by atoms with Gasteiger partial charge in [-0.25, -0.2) is 0 Å². The highest BCUT2D eigenvalue weighted by Gasteiger charge is 2.29. The SMILES string of the molecule is CCC(C)c1ccc(OC(OCCC2CCCCC2)C(C)(C)C)c(OC)c1. The molecule has 0 spiro atoms. The van der Waals surface area contributed by atoms with Crippen molar-refractivity contribution in [2.75, 3.05) is 13.7 Å². The molecule has 0 radical (unpaired) electrons. The summed E-state index contributed by atoms with van der Waals surface area (Å²) in [5.41, 5.74) is 1.18. The topological polar surface area (TPSA) is 27.7 Å². The molecule has 3 heteroatoms. The van der Waals surface area contributed by atoms with Gasteiger partial charge in [-0.3, -0.25) is 0 Å². The number of rotatable bonds is 9. The van der Waals surface area contributed by atoms with Crippen LogP contribution in [0.1, 0.15) is 91.0 Å². The van der Waals surface area contributed by atoms with Gasteiger partial charge in [0.15, 0.2) is 11.5 Å². The average molecular weight is 377 g/mol. The molecule has 0 bridgehead atoms. The maximum Gasteiger partial charge on any atom is 0.204 e. The van der Waals surface area contributed by atoms with Gasteiger partial charge in [-0.15, -0.1) is 0 Å². The van der Waals surface area contributed by atoms with Gasteiger partial charge in [0, 0.05) is 5.41 Å². The number of benzene rings is 1. The summed E-state index contributed by atoms with van der Waals surface area (Å²) in [6, 6.07) is 6.28. The summed E-state index contributed by atoms with van der Waals surface area (Å²) >= 11 is 0. The lowest BCUT2D eigenvalue weighted by atomic mass is 9.87. The molecule has 2 unspecified atom stereocenters. The van der Waals surface area contributed by atoms with E-state index in [4.69, 9.17) is 14.2 Å². The third-order valence-corrected chi connectivity index (χ3v) is 5.83. The lowest BCUT2D eigenvalue weighted by Crippen LogP contribution is -2.35. The number of hydrogen-bond donors (Lipinski definition) is 0. The van der Waals surface area contributed by atoms with Crippen LogP contribution in [-0.4, -0.2) is 20.0 Å². The van der Waals surface area contributed by atoms with Crippen LogP contribution in [0.4, 0.5) is 0 Å². The summed E-state index contributed by atoms with van der Waals surface area (Å²) in [4.78, 5) is 0. The molecule has 0 aromatic heterocycles. The highest BCUT2D eigenvalue weighted by molar-refractivity contribution is 5.44. The Labute approximate surface area is 166 Å². The molecule has 1 aliphatic carbocycles. The van der Waals surface area contributed by atoms with Crippen molar-refractivity contribution in [3.05, 3.63) is 23.8 Å². The Kier molecular flexibility index (Phi) is 8.47. The van der Waals surface area contributed by atoms with E-state index < -0.39 is 0 Å². The Morgan fingerprint density at radius 2 is 1.78 bits per heavy atom. The van der Waals surface area contributed by atoms with Crippen LogP contribution in [0, 0.1) is 11.3 Å². The van der Waals surface area contributed by atoms with Crippen LogP contribution in [0.2, 0.25) is 0 Å². The first-order valence-corrected chi connectivity index (χ1v) is 10.8. The highest BCUT2D eigenvalue weighted by atomic mass is 16.7. The average Bonchev–Trinajstić information content (AvgIpc) is 2.66. The highest BCUT2D eigenvalue weighted by Crippen LogP contribution is 2.35. The summed E-state index contributed by atoms with van der Waals surface area (Å²) < 4.78 is 18.2. The Bertz CT molecular complexity index is 555. The van der Waals surface area contributed by atoms with Crippen LogP contribution < -0.4 is 9.47 Å². The molecule has 1 fully saturated rings. The zero-order valence-corrected chi connectivity index (χ0v) is 18.3. The van der Waals surface area contributed by atoms with Gasteiger partial charge in [-0.2, -0.15) is 0 Å². The maximum absolute atomic E-state index is 6.31. The van der Waals surface area contributed by atoms with E-state index in [0.717, 1.165) is 36.9 Å². The maximum atomic E-state index is 6.31. The second-order valence-corrected chi connectivity index (χ2v) is 9.20. The van der Waals surface area contributed by atoms with Crippen molar-refractivity contribution in [3.63, 3.8) is 0 Å². The molecular weight excluding hydrogens is 336 g/mol. The molecule has 154 valence electrons. The largest absolute Gasteiger partial charge is 0.493 e. The molecule has 27 heavy (non-hydrogen) atoms. The lowest BCUT2D eigenvalue weighted by Gasteiger charge is -2.32. The van der Waals surface area contributed by atoms with Gasteiger partial charge >= 0.3 is 0 Å². The summed E-state index contributed by atoms with van der Waals surface area (Å²) in [6.45, 7) is 11.7. The molecule has 3 nitrogen and oxygen atoms in total. The molecule has 0 amide bonds. The Hall–Kier alpha value is -1.22. The van der Waals surface area contributed by atoms with E-state index in [1.54, 1.807) is 7.11 Å². The molecule has 1 aliphatic rings. The van der Waals surface area contributed by atoms with Gasteiger partial charge in [-0.05, 0) is 42.4 Å². The summed E-state index contributed by atoms with van der Waals surface area (Å²) in [5, 5.41) is 0. The van der Waals surface area contributed by atoms with Crippen LogP contribution in [0.5, 0.6) is 11.5 Å². The molecule has 0 saturated heterocycles. The first-order chi connectivity index (χ1) is 12.8. The third kappa shape index (κ3) is 6.71. The van der Waals surface area contributed by atoms with Crippen LogP contribution in [-0.2, 0) is 4.74 Å². The van der Waals surface area contributed by atoms with Crippen molar-refractivity contribution < 1.29 is 14.2 Å². The minimum Gasteiger partial charge on any atom is -0.493 e. The fraction of sp³-hybridized carbons (Fsp3) is 0.750. The van der Waals surface area contributed by atoms with E-state index >= 15 is 0 Å². The van der Waals surface area contributed by atoms with E-state index in [0.29, 0.717) is 5.92 Å². The molecule has 2 rings (SSSR count). The van der Waals surface area contributed by atoms with E-state index in [2.05, 4.69) is 46.8 Å². The molecule has 0 aliphatic heterocycles. The smallest absolute Gasteiger partial charge is 0.204 e. The van der Waals surface area contributed by atoms with Gasteiger partial charge < -0.3 is 14.2 Å². The predicted molar refractivity (Wildman–Crippen MR) is 113 cm³/mol. The zero-order valence-electron chi connectivity index (χ0n) is 18.3. The second-order valence-electron chi connectivity index (χ2n) is 9.20. The molecule has 2 atom stereocenters. The van der Waals surface area contributed by atoms with Crippen molar-refractivity contribution in [1.82, 2.24) is 0 Å². The standard InChI is InChI=1S/C24H40O3/c1-7-18(2)20-13-14-21(22(17-20)25-6)27-23(24(3,4)5)26-16-15-19-11-9-8-10-12-19/h13-14,17-19,23H,7-12,15-16H2,1-6H3. The summed E-state index contributed by atoms with van der Waals surface area (Å²) in [6.07, 6.45) is 8.83. The number of hydrogen-bond acceptors (Lipinski definition) is 3. The van der Waals surface area contributed by atoms with Crippen molar-refractivity contribution in [3.8, 4) is 11.5 Å². The van der Waals surface area contributed by atoms with Gasteiger partial charge in [0.25, 0.3) is 0 Å². The number of methoxy groups -OCH3 is 1. The van der Waals surface area contributed by atoms with Gasteiger partial charge in [-0.1, -0.05) is 72.8 Å². The molecule has 0 heterocycles. The van der Waals surface area contributed by atoms with Gasteiger partial charge in [0.1, 0.15) is 0 Å². The molecule has 1 aromatic carbocycles. The monoisotopic (exact) mass is 376 g/mol. The zero-order chi connectivity index (χ0) is 19.9. The van der Waals surface area contributed by atoms with Crippen molar-refractivity contribution in [2.45, 2.75) is 91.8 Å². The van der Waals surface area contributed by atoms with E-state index in [1.807, 2.05) is 6.07 Å². The predicted octanol–water partition coefficient (Wildman–Crippen LogP) is 6.95. The van der Waals surface area contributed by atoms with Crippen LogP contribution in [0.25, 0.3) is 0 Å². The lowest BCUT2D eigenvalue weighted by molar-refractivity contribution is -0.144. The summed E-state index contributed by atoms with van der Waals surface area (Å²) in [7, 11) is 1.71. The first-order valence-electron chi connectivity index (χ1n) is 10.8. The van der Waals surface area contributed by atoms with Gasteiger partial charge in [0.2, 0.25) is 6.29 Å². The van der Waals surface area contributed by atoms with Crippen molar-refractivity contribution in [2.24, 2.45) is 11.3 Å².